The third-order valence-electron chi connectivity index (χ3n) is 4.14. The van der Waals surface area contributed by atoms with Crippen LogP contribution in [0.2, 0.25) is 0 Å². The summed E-state index contributed by atoms with van der Waals surface area (Å²) in [5.41, 5.74) is 2.07. The fraction of sp³-hybridized carbons (Fsp3) is 0.190. The Kier molecular flexibility index (Phi) is 6.80. The fourth-order valence-electron chi connectivity index (χ4n) is 2.65. The molecule has 0 atom stereocenters. The lowest BCUT2D eigenvalue weighted by atomic mass is 10.1. The molecule has 3 aromatic rings. The Morgan fingerprint density at radius 1 is 1.00 bits per heavy atom. The highest BCUT2D eigenvalue weighted by Gasteiger charge is 2.09. The van der Waals surface area contributed by atoms with E-state index < -0.39 is 0 Å². The van der Waals surface area contributed by atoms with E-state index in [0.717, 1.165) is 5.56 Å². The summed E-state index contributed by atoms with van der Waals surface area (Å²) in [4.78, 5) is 28.4. The van der Waals surface area contributed by atoms with Crippen LogP contribution in [0.25, 0.3) is 0 Å². The number of anilines is 2. The van der Waals surface area contributed by atoms with E-state index in [1.54, 1.807) is 56.1 Å². The van der Waals surface area contributed by atoms with Crippen LogP contribution in [-0.2, 0) is 11.2 Å². The summed E-state index contributed by atoms with van der Waals surface area (Å²) in [6.07, 6.45) is 2.48. The first-order chi connectivity index (χ1) is 14.1. The number of aromatic nitrogens is 1. The van der Waals surface area contributed by atoms with Gasteiger partial charge >= 0.3 is 0 Å². The van der Waals surface area contributed by atoms with E-state index in [0.29, 0.717) is 40.7 Å². The van der Waals surface area contributed by atoms with Gasteiger partial charge in [-0.1, -0.05) is 0 Å². The number of methoxy groups -OCH3 is 2. The minimum absolute atomic E-state index is 0.119. The monoisotopic (exact) mass is 411 g/mol. The molecule has 1 aromatic heterocycles. The second-order valence-electron chi connectivity index (χ2n) is 6.14. The van der Waals surface area contributed by atoms with Crippen LogP contribution in [0.4, 0.5) is 10.8 Å². The molecule has 8 heteroatoms. The molecule has 7 nitrogen and oxygen atoms in total. The lowest BCUT2D eigenvalue weighted by Crippen LogP contribution is -2.14. The Hall–Kier alpha value is -3.39. The summed E-state index contributed by atoms with van der Waals surface area (Å²) in [5, 5.41) is 7.88. The molecule has 0 aliphatic rings. The van der Waals surface area contributed by atoms with E-state index in [1.165, 1.54) is 11.3 Å². The molecule has 0 spiro atoms. The van der Waals surface area contributed by atoms with Crippen molar-refractivity contribution in [3.8, 4) is 11.5 Å². The Balaban J connectivity index is 1.53. The van der Waals surface area contributed by atoms with E-state index in [4.69, 9.17) is 9.47 Å². The van der Waals surface area contributed by atoms with Gasteiger partial charge in [0, 0.05) is 35.3 Å². The van der Waals surface area contributed by atoms with Crippen molar-refractivity contribution in [3.05, 3.63) is 65.2 Å². The lowest BCUT2D eigenvalue weighted by Gasteiger charge is -2.09. The predicted octanol–water partition coefficient (Wildman–Crippen LogP) is 3.98. The van der Waals surface area contributed by atoms with Crippen molar-refractivity contribution in [2.75, 3.05) is 24.9 Å². The first-order valence-corrected chi connectivity index (χ1v) is 9.78. The maximum absolute atomic E-state index is 12.3. The smallest absolute Gasteiger partial charge is 0.257 e. The van der Waals surface area contributed by atoms with E-state index >= 15 is 0 Å². The summed E-state index contributed by atoms with van der Waals surface area (Å²) in [7, 11) is 3.18. The zero-order chi connectivity index (χ0) is 20.6. The molecule has 150 valence electrons. The van der Waals surface area contributed by atoms with E-state index in [1.807, 2.05) is 12.1 Å². The standard InChI is InChI=1S/C21H21N3O4S/c1-27-17-11-14(12-18(13-17)28-2)3-8-19(25)23-16-6-4-15(5-7-16)20(26)24-21-22-9-10-29-21/h4-7,9-13H,3,8H2,1-2H3,(H,23,25)(H,22,24,26). The zero-order valence-electron chi connectivity index (χ0n) is 16.1. The Labute approximate surface area is 172 Å². The number of aryl methyl sites for hydroxylation is 1. The topological polar surface area (TPSA) is 89.5 Å². The number of nitrogens with one attached hydrogen (secondary N) is 2. The van der Waals surface area contributed by atoms with Gasteiger partial charge in [-0.3, -0.25) is 14.9 Å². The Morgan fingerprint density at radius 3 is 2.28 bits per heavy atom. The number of hydrogen-bond donors (Lipinski definition) is 2. The number of ether oxygens (including phenoxy) is 2. The summed E-state index contributed by atoms with van der Waals surface area (Å²) in [5.74, 6) is 1.01. The molecule has 2 aromatic carbocycles. The molecule has 3 rings (SSSR count). The van der Waals surface area contributed by atoms with Crippen molar-refractivity contribution in [3.63, 3.8) is 0 Å². The first kappa shape index (κ1) is 20.3. The van der Waals surface area contributed by atoms with Crippen molar-refractivity contribution in [2.24, 2.45) is 0 Å². The summed E-state index contributed by atoms with van der Waals surface area (Å²) in [6, 6.07) is 12.3. The SMILES string of the molecule is COc1cc(CCC(=O)Nc2ccc(C(=O)Nc3nccs3)cc2)cc(OC)c1. The summed E-state index contributed by atoms with van der Waals surface area (Å²) >= 11 is 1.35. The maximum atomic E-state index is 12.3. The van der Waals surface area contributed by atoms with Gasteiger partial charge in [-0.25, -0.2) is 4.98 Å². The molecule has 2 amide bonds. The maximum Gasteiger partial charge on any atom is 0.257 e. The van der Waals surface area contributed by atoms with Crippen LogP contribution in [0, 0.1) is 0 Å². The normalized spacial score (nSPS) is 10.3. The Morgan fingerprint density at radius 2 is 1.69 bits per heavy atom. The van der Waals surface area contributed by atoms with Gasteiger partial charge in [0.1, 0.15) is 11.5 Å². The number of hydrogen-bond acceptors (Lipinski definition) is 6. The van der Waals surface area contributed by atoms with Gasteiger partial charge in [0.15, 0.2) is 5.13 Å². The van der Waals surface area contributed by atoms with Gasteiger partial charge in [0.25, 0.3) is 5.91 Å². The van der Waals surface area contributed by atoms with Gasteiger partial charge in [0.05, 0.1) is 14.2 Å². The molecule has 0 saturated carbocycles. The van der Waals surface area contributed by atoms with Crippen molar-refractivity contribution in [1.82, 2.24) is 4.98 Å². The molecule has 29 heavy (non-hydrogen) atoms. The van der Waals surface area contributed by atoms with E-state index in [2.05, 4.69) is 15.6 Å². The molecular formula is C21H21N3O4S. The molecule has 0 radical (unpaired) electrons. The fourth-order valence-corrected chi connectivity index (χ4v) is 3.18. The number of amides is 2. The molecule has 0 aliphatic heterocycles. The number of rotatable bonds is 8. The van der Waals surface area contributed by atoms with Crippen LogP contribution >= 0.6 is 11.3 Å². The van der Waals surface area contributed by atoms with Gasteiger partial charge in [0.2, 0.25) is 5.91 Å². The van der Waals surface area contributed by atoms with Crippen LogP contribution in [0.15, 0.2) is 54.0 Å². The lowest BCUT2D eigenvalue weighted by molar-refractivity contribution is -0.116. The quantitative estimate of drug-likeness (QED) is 0.585. The van der Waals surface area contributed by atoms with Crippen LogP contribution in [0.5, 0.6) is 11.5 Å². The number of nitrogens with zero attached hydrogens (tertiary/aromatic N) is 1. The van der Waals surface area contributed by atoms with Gasteiger partial charge < -0.3 is 14.8 Å². The summed E-state index contributed by atoms with van der Waals surface area (Å²) in [6.45, 7) is 0. The summed E-state index contributed by atoms with van der Waals surface area (Å²) < 4.78 is 10.5. The van der Waals surface area contributed by atoms with Crippen molar-refractivity contribution >= 4 is 34.0 Å². The second kappa shape index (κ2) is 9.70. The van der Waals surface area contributed by atoms with Crippen molar-refractivity contribution in [2.45, 2.75) is 12.8 Å². The molecule has 0 saturated heterocycles. The number of benzene rings is 2. The minimum atomic E-state index is -0.246. The van der Waals surface area contributed by atoms with Crippen molar-refractivity contribution < 1.29 is 19.1 Å². The first-order valence-electron chi connectivity index (χ1n) is 8.90. The van der Waals surface area contributed by atoms with Gasteiger partial charge in [-0.05, 0) is 48.4 Å². The molecule has 0 fully saturated rings. The number of carbonyl (C=O) groups is 2. The highest BCUT2D eigenvalue weighted by molar-refractivity contribution is 7.13. The van der Waals surface area contributed by atoms with Crippen LogP contribution in [-0.4, -0.2) is 31.0 Å². The van der Waals surface area contributed by atoms with Crippen molar-refractivity contribution in [1.29, 1.82) is 0 Å². The minimum Gasteiger partial charge on any atom is -0.497 e. The average molecular weight is 411 g/mol. The van der Waals surface area contributed by atoms with E-state index in [9.17, 15) is 9.59 Å². The highest BCUT2D eigenvalue weighted by Crippen LogP contribution is 2.23. The molecule has 1 heterocycles. The van der Waals surface area contributed by atoms with Crippen LogP contribution < -0.4 is 20.1 Å². The Bertz CT molecular complexity index is 950. The second-order valence-corrected chi connectivity index (χ2v) is 7.03. The molecule has 0 bridgehead atoms. The van der Waals surface area contributed by atoms with Gasteiger partial charge in [-0.2, -0.15) is 0 Å². The third kappa shape index (κ3) is 5.79. The predicted molar refractivity (Wildman–Crippen MR) is 113 cm³/mol. The number of carbonyl (C=O) groups excluding carboxylic acids is 2. The zero-order valence-corrected chi connectivity index (χ0v) is 16.9. The molecule has 0 aliphatic carbocycles. The van der Waals surface area contributed by atoms with Crippen LogP contribution in [0.1, 0.15) is 22.3 Å². The molecule has 2 N–H and O–H groups in total. The van der Waals surface area contributed by atoms with Gasteiger partial charge in [-0.15, -0.1) is 11.3 Å². The third-order valence-corrected chi connectivity index (χ3v) is 4.82. The number of thiazole rings is 1. The van der Waals surface area contributed by atoms with E-state index in [-0.39, 0.29) is 11.8 Å². The highest BCUT2D eigenvalue weighted by atomic mass is 32.1. The largest absolute Gasteiger partial charge is 0.497 e. The molecule has 0 unspecified atom stereocenters. The average Bonchev–Trinajstić information content (AvgIpc) is 3.25. The van der Waals surface area contributed by atoms with Crippen LogP contribution in [0.3, 0.4) is 0 Å². The molecular weight excluding hydrogens is 390 g/mol.